The molecule has 2 aromatic carbocycles. The Labute approximate surface area is 127 Å². The Hall–Kier alpha value is -2.33. The molecule has 0 aromatic heterocycles. The minimum absolute atomic E-state index is 0.0155. The van der Waals surface area contributed by atoms with Gasteiger partial charge in [0.15, 0.2) is 0 Å². The molecule has 1 amide bonds. The summed E-state index contributed by atoms with van der Waals surface area (Å²) in [7, 11) is 0. The van der Waals surface area contributed by atoms with Gasteiger partial charge in [-0.25, -0.2) is 4.79 Å². The fourth-order valence-corrected chi connectivity index (χ4v) is 2.10. The van der Waals surface area contributed by atoms with Crippen LogP contribution in [-0.4, -0.2) is 17.0 Å². The van der Waals surface area contributed by atoms with Gasteiger partial charge < -0.3 is 10.4 Å². The molecule has 5 heteroatoms. The summed E-state index contributed by atoms with van der Waals surface area (Å²) in [5, 5.41) is 12.5. The molecule has 0 fully saturated rings. The summed E-state index contributed by atoms with van der Waals surface area (Å²) < 4.78 is 0. The first-order valence-electron chi connectivity index (χ1n) is 6.37. The molecule has 0 radical (unpaired) electrons. The third kappa shape index (κ3) is 3.61. The standard InChI is InChI=1S/C16H14ClNO3/c1-10(11-6-8-12(17)9-7-11)18-15(19)13-4-2-3-5-14(13)16(20)21/h2-10H,1H3,(H,18,19)(H,20,21)/t10-/m0/s1. The molecule has 0 heterocycles. The third-order valence-electron chi connectivity index (χ3n) is 3.12. The van der Waals surface area contributed by atoms with Gasteiger partial charge in [-0.05, 0) is 36.8 Å². The average molecular weight is 304 g/mol. The summed E-state index contributed by atoms with van der Waals surface area (Å²) in [4.78, 5) is 23.3. The van der Waals surface area contributed by atoms with Gasteiger partial charge in [-0.2, -0.15) is 0 Å². The number of carbonyl (C=O) groups is 2. The minimum atomic E-state index is -1.13. The second-order valence-corrected chi connectivity index (χ2v) is 5.03. The van der Waals surface area contributed by atoms with Gasteiger partial charge in [-0.15, -0.1) is 0 Å². The number of nitrogens with one attached hydrogen (secondary N) is 1. The van der Waals surface area contributed by atoms with Crippen LogP contribution in [0.25, 0.3) is 0 Å². The molecular formula is C16H14ClNO3. The molecule has 108 valence electrons. The number of hydrogen-bond donors (Lipinski definition) is 2. The van der Waals surface area contributed by atoms with E-state index in [0.29, 0.717) is 5.02 Å². The lowest BCUT2D eigenvalue weighted by molar-refractivity contribution is 0.0690. The molecule has 0 saturated heterocycles. The molecule has 0 aliphatic heterocycles. The van der Waals surface area contributed by atoms with E-state index in [4.69, 9.17) is 16.7 Å². The van der Waals surface area contributed by atoms with Crippen molar-refractivity contribution in [3.05, 3.63) is 70.2 Å². The number of rotatable bonds is 4. The SMILES string of the molecule is C[C@H](NC(=O)c1ccccc1C(=O)O)c1ccc(Cl)cc1. The van der Waals surface area contributed by atoms with E-state index in [-0.39, 0.29) is 17.2 Å². The van der Waals surface area contributed by atoms with Crippen LogP contribution in [-0.2, 0) is 0 Å². The van der Waals surface area contributed by atoms with Gasteiger partial charge in [-0.1, -0.05) is 35.9 Å². The molecule has 0 unspecified atom stereocenters. The Morgan fingerprint density at radius 3 is 2.19 bits per heavy atom. The fourth-order valence-electron chi connectivity index (χ4n) is 1.98. The van der Waals surface area contributed by atoms with Crippen molar-refractivity contribution in [2.45, 2.75) is 13.0 Å². The Morgan fingerprint density at radius 2 is 1.62 bits per heavy atom. The van der Waals surface area contributed by atoms with E-state index in [1.165, 1.54) is 12.1 Å². The predicted molar refractivity (Wildman–Crippen MR) is 80.7 cm³/mol. The number of carboxylic acid groups (broad SMARTS) is 1. The molecule has 0 saturated carbocycles. The molecule has 0 aliphatic carbocycles. The summed E-state index contributed by atoms with van der Waals surface area (Å²) in [6.45, 7) is 1.82. The average Bonchev–Trinajstić information content (AvgIpc) is 2.47. The van der Waals surface area contributed by atoms with Crippen LogP contribution >= 0.6 is 11.6 Å². The van der Waals surface area contributed by atoms with Gasteiger partial charge in [0.05, 0.1) is 17.2 Å². The highest BCUT2D eigenvalue weighted by atomic mass is 35.5. The Bertz CT molecular complexity index is 667. The summed E-state index contributed by atoms with van der Waals surface area (Å²) in [5.41, 5.74) is 1.02. The maximum atomic E-state index is 12.2. The highest BCUT2D eigenvalue weighted by Crippen LogP contribution is 2.17. The lowest BCUT2D eigenvalue weighted by Crippen LogP contribution is -2.28. The smallest absolute Gasteiger partial charge is 0.336 e. The van der Waals surface area contributed by atoms with Gasteiger partial charge in [0.1, 0.15) is 0 Å². The number of aromatic carboxylic acids is 1. The first-order chi connectivity index (χ1) is 9.99. The van der Waals surface area contributed by atoms with Crippen LogP contribution in [0.5, 0.6) is 0 Å². The van der Waals surface area contributed by atoms with Crippen molar-refractivity contribution in [1.29, 1.82) is 0 Å². The maximum absolute atomic E-state index is 12.2. The molecule has 4 nitrogen and oxygen atoms in total. The Morgan fingerprint density at radius 1 is 1.05 bits per heavy atom. The minimum Gasteiger partial charge on any atom is -0.478 e. The summed E-state index contributed by atoms with van der Waals surface area (Å²) >= 11 is 5.82. The van der Waals surface area contributed by atoms with E-state index in [1.54, 1.807) is 24.3 Å². The van der Waals surface area contributed by atoms with Crippen molar-refractivity contribution in [1.82, 2.24) is 5.32 Å². The largest absolute Gasteiger partial charge is 0.478 e. The normalized spacial score (nSPS) is 11.7. The van der Waals surface area contributed by atoms with E-state index in [2.05, 4.69) is 5.32 Å². The predicted octanol–water partition coefficient (Wildman–Crippen LogP) is 3.53. The molecule has 2 N–H and O–H groups in total. The molecule has 0 aliphatic rings. The van der Waals surface area contributed by atoms with Gasteiger partial charge >= 0.3 is 5.97 Å². The number of hydrogen-bond acceptors (Lipinski definition) is 2. The van der Waals surface area contributed by atoms with Gasteiger partial charge in [-0.3, -0.25) is 4.79 Å². The van der Waals surface area contributed by atoms with Crippen molar-refractivity contribution in [3.63, 3.8) is 0 Å². The van der Waals surface area contributed by atoms with Crippen molar-refractivity contribution in [2.75, 3.05) is 0 Å². The Kier molecular flexibility index (Phi) is 4.60. The van der Waals surface area contributed by atoms with E-state index < -0.39 is 11.9 Å². The monoisotopic (exact) mass is 303 g/mol. The first-order valence-corrected chi connectivity index (χ1v) is 6.75. The van der Waals surface area contributed by atoms with Crippen LogP contribution < -0.4 is 5.32 Å². The number of halogens is 1. The first kappa shape index (κ1) is 15.1. The van der Waals surface area contributed by atoms with E-state index in [0.717, 1.165) is 5.56 Å². The number of amides is 1. The zero-order valence-electron chi connectivity index (χ0n) is 11.3. The van der Waals surface area contributed by atoms with E-state index in [1.807, 2.05) is 19.1 Å². The van der Waals surface area contributed by atoms with E-state index in [9.17, 15) is 9.59 Å². The lowest BCUT2D eigenvalue weighted by atomic mass is 10.0. The maximum Gasteiger partial charge on any atom is 0.336 e. The molecule has 1 atom stereocenters. The topological polar surface area (TPSA) is 66.4 Å². The second kappa shape index (κ2) is 6.41. The quantitative estimate of drug-likeness (QED) is 0.908. The number of carbonyl (C=O) groups excluding carboxylic acids is 1. The lowest BCUT2D eigenvalue weighted by Gasteiger charge is -2.15. The molecule has 2 rings (SSSR count). The molecular weight excluding hydrogens is 290 g/mol. The zero-order valence-corrected chi connectivity index (χ0v) is 12.1. The van der Waals surface area contributed by atoms with Crippen LogP contribution in [0.3, 0.4) is 0 Å². The molecule has 0 spiro atoms. The summed E-state index contributed by atoms with van der Waals surface area (Å²) in [6, 6.07) is 13.0. The highest BCUT2D eigenvalue weighted by Gasteiger charge is 2.17. The van der Waals surface area contributed by atoms with Gasteiger partial charge in [0.2, 0.25) is 0 Å². The van der Waals surface area contributed by atoms with Crippen molar-refractivity contribution >= 4 is 23.5 Å². The number of carboxylic acids is 1. The van der Waals surface area contributed by atoms with Crippen LogP contribution in [0.4, 0.5) is 0 Å². The molecule has 0 bridgehead atoms. The fraction of sp³-hybridized carbons (Fsp3) is 0.125. The highest BCUT2D eigenvalue weighted by molar-refractivity contribution is 6.30. The van der Waals surface area contributed by atoms with Crippen molar-refractivity contribution < 1.29 is 14.7 Å². The van der Waals surface area contributed by atoms with Crippen LogP contribution in [0.1, 0.15) is 39.2 Å². The van der Waals surface area contributed by atoms with Gasteiger partial charge in [0.25, 0.3) is 5.91 Å². The van der Waals surface area contributed by atoms with Crippen LogP contribution in [0.15, 0.2) is 48.5 Å². The molecule has 21 heavy (non-hydrogen) atoms. The van der Waals surface area contributed by atoms with Crippen LogP contribution in [0, 0.1) is 0 Å². The van der Waals surface area contributed by atoms with Crippen molar-refractivity contribution in [2.24, 2.45) is 0 Å². The van der Waals surface area contributed by atoms with E-state index >= 15 is 0 Å². The second-order valence-electron chi connectivity index (χ2n) is 4.60. The summed E-state index contributed by atoms with van der Waals surface area (Å²) in [6.07, 6.45) is 0. The van der Waals surface area contributed by atoms with Crippen molar-refractivity contribution in [3.8, 4) is 0 Å². The third-order valence-corrected chi connectivity index (χ3v) is 3.37. The number of benzene rings is 2. The Balaban J connectivity index is 2.18. The summed E-state index contributed by atoms with van der Waals surface area (Å²) in [5.74, 6) is -1.55. The zero-order chi connectivity index (χ0) is 15.4. The molecule has 2 aromatic rings. The van der Waals surface area contributed by atoms with Gasteiger partial charge in [0, 0.05) is 5.02 Å². The van der Waals surface area contributed by atoms with Crippen LogP contribution in [0.2, 0.25) is 5.02 Å².